The van der Waals surface area contributed by atoms with Crippen molar-refractivity contribution in [2.75, 3.05) is 19.0 Å². The molecule has 0 aliphatic carbocycles. The van der Waals surface area contributed by atoms with E-state index in [1.165, 1.54) is 0 Å². The molecule has 28 heavy (non-hydrogen) atoms. The Labute approximate surface area is 174 Å². The van der Waals surface area contributed by atoms with E-state index in [-0.39, 0.29) is 12.4 Å². The maximum Gasteiger partial charge on any atom is 0.308 e. The van der Waals surface area contributed by atoms with Crippen molar-refractivity contribution in [1.82, 2.24) is 0 Å². The Morgan fingerprint density at radius 2 is 2.07 bits per heavy atom. The van der Waals surface area contributed by atoms with Gasteiger partial charge in [-0.15, -0.1) is 0 Å². The smallest absolute Gasteiger partial charge is 0.308 e. The number of halogens is 1. The highest BCUT2D eigenvalue weighted by Gasteiger charge is 2.32. The van der Waals surface area contributed by atoms with E-state index in [1.807, 2.05) is 37.3 Å². The first-order chi connectivity index (χ1) is 13.4. The third-order valence-corrected chi connectivity index (χ3v) is 5.26. The number of aryl methyl sites for hydroxylation is 1. The summed E-state index contributed by atoms with van der Waals surface area (Å²) in [4.78, 5) is 12.5. The molecule has 0 saturated heterocycles. The van der Waals surface area contributed by atoms with Crippen LogP contribution >= 0.6 is 23.8 Å². The van der Waals surface area contributed by atoms with Crippen LogP contribution < -0.4 is 10.1 Å². The summed E-state index contributed by atoms with van der Waals surface area (Å²) in [5.41, 5.74) is 3.53. The van der Waals surface area contributed by atoms with E-state index >= 15 is 0 Å². The molecule has 0 spiro atoms. The average molecular weight is 420 g/mol. The van der Waals surface area contributed by atoms with Crippen LogP contribution in [0.5, 0.6) is 5.75 Å². The van der Waals surface area contributed by atoms with E-state index in [0.717, 1.165) is 22.4 Å². The van der Waals surface area contributed by atoms with E-state index in [4.69, 9.17) is 38.0 Å². The van der Waals surface area contributed by atoms with Crippen LogP contribution in [0.3, 0.4) is 0 Å². The number of ether oxygens (including phenoxy) is 3. The summed E-state index contributed by atoms with van der Waals surface area (Å²) in [6.45, 7) is 4.07. The van der Waals surface area contributed by atoms with Crippen LogP contribution in [0.25, 0.3) is 0 Å². The second-order valence-corrected chi connectivity index (χ2v) is 7.28. The Bertz CT molecular complexity index is 902. The molecule has 3 rings (SSSR count). The van der Waals surface area contributed by atoms with Gasteiger partial charge in [0.1, 0.15) is 22.9 Å². The van der Waals surface area contributed by atoms with E-state index in [2.05, 4.69) is 5.32 Å². The number of rotatable bonds is 5. The highest BCUT2D eigenvalue weighted by molar-refractivity contribution is 7.80. The van der Waals surface area contributed by atoms with Crippen LogP contribution in [0.1, 0.15) is 36.1 Å². The normalized spacial score (nSPS) is 18.6. The van der Waals surface area contributed by atoms with Crippen LogP contribution in [0, 0.1) is 6.92 Å². The molecule has 1 heterocycles. The first-order valence-electron chi connectivity index (χ1n) is 8.99. The zero-order valence-electron chi connectivity index (χ0n) is 16.0. The molecule has 1 aliphatic heterocycles. The summed E-state index contributed by atoms with van der Waals surface area (Å²) in [7, 11) is 1.57. The molecule has 2 unspecified atom stereocenters. The number of benzene rings is 2. The number of carbonyl (C=O) groups excluding carboxylic acids is 1. The van der Waals surface area contributed by atoms with E-state index < -0.39 is 12.2 Å². The quantitative estimate of drug-likeness (QED) is 0.553. The van der Waals surface area contributed by atoms with Crippen molar-refractivity contribution in [3.63, 3.8) is 0 Å². The number of hydrogen-bond acceptors (Lipinski definition) is 5. The second-order valence-electron chi connectivity index (χ2n) is 6.46. The molecule has 0 fully saturated rings. The van der Waals surface area contributed by atoms with Crippen molar-refractivity contribution in [2.45, 2.75) is 32.5 Å². The number of methoxy groups -OCH3 is 1. The first-order valence-corrected chi connectivity index (χ1v) is 9.78. The fourth-order valence-corrected chi connectivity index (χ4v) is 3.72. The summed E-state index contributed by atoms with van der Waals surface area (Å²) >= 11 is 12.1. The average Bonchev–Trinajstić information content (AvgIpc) is 2.79. The molecule has 5 nitrogen and oxygen atoms in total. The molecule has 1 aliphatic rings. The van der Waals surface area contributed by atoms with Gasteiger partial charge in [-0.25, -0.2) is 0 Å². The van der Waals surface area contributed by atoms with Gasteiger partial charge in [0, 0.05) is 16.8 Å². The number of nitrogens with one attached hydrogen (secondary N) is 1. The second kappa shape index (κ2) is 8.90. The Balaban J connectivity index is 2.08. The molecule has 2 aromatic carbocycles. The molecule has 2 atom stereocenters. The lowest BCUT2D eigenvalue weighted by Crippen LogP contribution is -2.31. The summed E-state index contributed by atoms with van der Waals surface area (Å²) in [6, 6.07) is 11.5. The summed E-state index contributed by atoms with van der Waals surface area (Å²) in [5, 5.41) is 3.68. The molecule has 0 saturated carbocycles. The topological polar surface area (TPSA) is 56.8 Å². The molecule has 2 aromatic rings. The Hall–Kier alpha value is -2.15. The van der Waals surface area contributed by atoms with Gasteiger partial charge < -0.3 is 19.5 Å². The van der Waals surface area contributed by atoms with Gasteiger partial charge >= 0.3 is 5.97 Å². The van der Waals surface area contributed by atoms with Crippen LogP contribution in [0.2, 0.25) is 5.02 Å². The number of hydrogen-bond donors (Lipinski definition) is 1. The highest BCUT2D eigenvalue weighted by atomic mass is 35.5. The molecular weight excluding hydrogens is 398 g/mol. The predicted octanol–water partition coefficient (Wildman–Crippen LogP) is 4.84. The van der Waals surface area contributed by atoms with Crippen LogP contribution in [0.4, 0.5) is 5.69 Å². The van der Waals surface area contributed by atoms with Crippen molar-refractivity contribution in [1.29, 1.82) is 0 Å². The Morgan fingerprint density at radius 1 is 1.29 bits per heavy atom. The Kier molecular flexibility index (Phi) is 6.54. The van der Waals surface area contributed by atoms with Crippen molar-refractivity contribution in [2.24, 2.45) is 0 Å². The van der Waals surface area contributed by atoms with Crippen LogP contribution in [-0.2, 0) is 14.3 Å². The van der Waals surface area contributed by atoms with Gasteiger partial charge in [-0.3, -0.25) is 4.79 Å². The fraction of sp³-hybridized carbons (Fsp3) is 0.333. The van der Waals surface area contributed by atoms with Gasteiger partial charge in [-0.05, 0) is 26.0 Å². The molecule has 0 bridgehead atoms. The molecule has 0 aromatic heterocycles. The molecule has 148 valence electrons. The lowest BCUT2D eigenvalue weighted by Gasteiger charge is -2.24. The molecule has 1 N–H and O–H groups in total. The number of fused-ring (bicyclic) bond motifs is 1. The monoisotopic (exact) mass is 419 g/mol. The Morgan fingerprint density at radius 3 is 2.79 bits per heavy atom. The number of esters is 1. The summed E-state index contributed by atoms with van der Waals surface area (Å²) < 4.78 is 16.8. The fourth-order valence-electron chi connectivity index (χ4n) is 3.17. The highest BCUT2D eigenvalue weighted by Crippen LogP contribution is 2.41. The largest absolute Gasteiger partial charge is 0.495 e. The zero-order chi connectivity index (χ0) is 20.3. The van der Waals surface area contributed by atoms with Crippen molar-refractivity contribution < 1.29 is 19.0 Å². The SMILES string of the molecule is CCOC(=O)CC1OC(c2cccc(OC)c2Cl)c2cc(C)ccc2NC1=S. The van der Waals surface area contributed by atoms with Gasteiger partial charge in [-0.1, -0.05) is 53.6 Å². The third kappa shape index (κ3) is 4.29. The van der Waals surface area contributed by atoms with E-state index in [0.29, 0.717) is 22.4 Å². The minimum atomic E-state index is -0.644. The van der Waals surface area contributed by atoms with Crippen LogP contribution in [-0.4, -0.2) is 30.8 Å². The number of thiocarbonyl (C=S) groups is 1. The standard InChI is InChI=1S/C21H22ClNO4S/c1-4-26-18(24)11-17-21(28)23-15-9-8-12(2)10-14(15)20(27-17)13-6-5-7-16(25-3)19(13)22/h5-10,17,20H,4,11H2,1-3H3,(H,23,28). The lowest BCUT2D eigenvalue weighted by molar-refractivity contribution is -0.145. The molecule has 7 heteroatoms. The minimum Gasteiger partial charge on any atom is -0.495 e. The van der Waals surface area contributed by atoms with Crippen molar-refractivity contribution >= 4 is 40.5 Å². The summed E-state index contributed by atoms with van der Waals surface area (Å²) in [5.74, 6) is 0.188. The van der Waals surface area contributed by atoms with Crippen LogP contribution in [0.15, 0.2) is 36.4 Å². The predicted molar refractivity (Wildman–Crippen MR) is 113 cm³/mol. The maximum atomic E-state index is 12.1. The van der Waals surface area contributed by atoms with Gasteiger partial charge in [0.25, 0.3) is 0 Å². The first kappa shape index (κ1) is 20.6. The minimum absolute atomic E-state index is 0.0186. The van der Waals surface area contributed by atoms with Gasteiger partial charge in [0.2, 0.25) is 0 Å². The molecular formula is C21H22ClNO4S. The third-order valence-electron chi connectivity index (χ3n) is 4.49. The molecule has 0 amide bonds. The van der Waals surface area contributed by atoms with Gasteiger partial charge in [0.15, 0.2) is 0 Å². The lowest BCUT2D eigenvalue weighted by atomic mass is 9.97. The number of carbonyl (C=O) groups is 1. The number of anilines is 1. The van der Waals surface area contributed by atoms with Crippen molar-refractivity contribution in [3.8, 4) is 5.75 Å². The van der Waals surface area contributed by atoms with Gasteiger partial charge in [-0.2, -0.15) is 0 Å². The van der Waals surface area contributed by atoms with E-state index in [9.17, 15) is 4.79 Å². The molecule has 0 radical (unpaired) electrons. The maximum absolute atomic E-state index is 12.1. The van der Waals surface area contributed by atoms with Gasteiger partial charge in [0.05, 0.1) is 25.2 Å². The van der Waals surface area contributed by atoms with E-state index in [1.54, 1.807) is 20.1 Å². The zero-order valence-corrected chi connectivity index (χ0v) is 17.5. The summed E-state index contributed by atoms with van der Waals surface area (Å²) in [6.07, 6.45) is -1.15. The van der Waals surface area contributed by atoms with Crippen molar-refractivity contribution in [3.05, 3.63) is 58.1 Å².